The molecule has 0 saturated heterocycles. The first-order valence-electron chi connectivity index (χ1n) is 8.01. The molecule has 0 aromatic heterocycles. The van der Waals surface area contributed by atoms with Crippen LogP contribution in [0.2, 0.25) is 0 Å². The highest BCUT2D eigenvalue weighted by molar-refractivity contribution is 4.53. The Hall–Kier alpha value is -0.120. The van der Waals surface area contributed by atoms with Crippen LogP contribution in [0.25, 0.3) is 0 Å². The van der Waals surface area contributed by atoms with Gasteiger partial charge in [-0.15, -0.1) is 0 Å². The Labute approximate surface area is 119 Å². The largest absolute Gasteiger partial charge is 0.396 e. The van der Waals surface area contributed by atoms with Gasteiger partial charge in [-0.2, -0.15) is 0 Å². The highest BCUT2D eigenvalue weighted by atomic mass is 16.5. The first kappa shape index (κ1) is 18.9. The van der Waals surface area contributed by atoms with E-state index < -0.39 is 0 Å². The SMILES string of the molecule is CC(C)OCCCCCCC(C)OCCCCCO. The lowest BCUT2D eigenvalue weighted by Gasteiger charge is -2.13. The second kappa shape index (κ2) is 14.3. The minimum Gasteiger partial charge on any atom is -0.396 e. The number of hydrogen-bond acceptors (Lipinski definition) is 3. The zero-order valence-corrected chi connectivity index (χ0v) is 13.2. The van der Waals surface area contributed by atoms with E-state index in [1.54, 1.807) is 0 Å². The predicted octanol–water partition coefficient (Wildman–Crippen LogP) is 3.93. The monoisotopic (exact) mass is 274 g/mol. The zero-order chi connectivity index (χ0) is 14.3. The number of aliphatic hydroxyl groups excluding tert-OH is 1. The molecule has 0 aliphatic carbocycles. The summed E-state index contributed by atoms with van der Waals surface area (Å²) < 4.78 is 11.3. The van der Waals surface area contributed by atoms with Gasteiger partial charge in [-0.25, -0.2) is 0 Å². The molecule has 1 atom stereocenters. The highest BCUT2D eigenvalue weighted by Crippen LogP contribution is 2.09. The molecule has 0 aromatic carbocycles. The van der Waals surface area contributed by atoms with Crippen LogP contribution < -0.4 is 0 Å². The van der Waals surface area contributed by atoms with Gasteiger partial charge in [-0.1, -0.05) is 19.3 Å². The fourth-order valence-corrected chi connectivity index (χ4v) is 1.96. The molecule has 116 valence electrons. The van der Waals surface area contributed by atoms with Crippen LogP contribution in [-0.4, -0.2) is 37.1 Å². The Morgan fingerprint density at radius 2 is 1.32 bits per heavy atom. The lowest BCUT2D eigenvalue weighted by Crippen LogP contribution is -2.09. The summed E-state index contributed by atoms with van der Waals surface area (Å²) in [6, 6.07) is 0. The average Bonchev–Trinajstić information content (AvgIpc) is 2.37. The maximum Gasteiger partial charge on any atom is 0.0547 e. The summed E-state index contributed by atoms with van der Waals surface area (Å²) in [6.45, 7) is 8.36. The van der Waals surface area contributed by atoms with Gasteiger partial charge in [-0.3, -0.25) is 0 Å². The first-order chi connectivity index (χ1) is 9.16. The normalized spacial score (nSPS) is 13.1. The smallest absolute Gasteiger partial charge is 0.0547 e. The molecule has 0 fully saturated rings. The summed E-state index contributed by atoms with van der Waals surface area (Å²) in [7, 11) is 0. The van der Waals surface area contributed by atoms with E-state index in [0.717, 1.165) is 38.9 Å². The molecule has 1 unspecified atom stereocenters. The topological polar surface area (TPSA) is 38.7 Å². The van der Waals surface area contributed by atoms with Gasteiger partial charge >= 0.3 is 0 Å². The standard InChI is InChI=1S/C16H34O3/c1-15(2)18-13-9-5-4-7-11-16(3)19-14-10-6-8-12-17/h15-17H,4-14H2,1-3H3. The van der Waals surface area contributed by atoms with E-state index in [1.807, 2.05) is 0 Å². The van der Waals surface area contributed by atoms with Crippen LogP contribution >= 0.6 is 0 Å². The van der Waals surface area contributed by atoms with Crippen LogP contribution in [0.4, 0.5) is 0 Å². The third-order valence-corrected chi connectivity index (χ3v) is 3.16. The summed E-state index contributed by atoms with van der Waals surface area (Å²) in [5.74, 6) is 0. The number of aliphatic hydroxyl groups is 1. The van der Waals surface area contributed by atoms with Crippen molar-refractivity contribution in [2.45, 2.75) is 84.3 Å². The molecule has 19 heavy (non-hydrogen) atoms. The van der Waals surface area contributed by atoms with E-state index in [1.165, 1.54) is 25.7 Å². The van der Waals surface area contributed by atoms with Crippen LogP contribution in [0.3, 0.4) is 0 Å². The summed E-state index contributed by atoms with van der Waals surface area (Å²) in [5, 5.41) is 8.66. The lowest BCUT2D eigenvalue weighted by molar-refractivity contribution is 0.0545. The maximum atomic E-state index is 8.66. The Morgan fingerprint density at radius 3 is 1.95 bits per heavy atom. The summed E-state index contributed by atoms with van der Waals surface area (Å²) in [6.07, 6.45) is 9.89. The van der Waals surface area contributed by atoms with Gasteiger partial charge in [0.1, 0.15) is 0 Å². The van der Waals surface area contributed by atoms with Crippen LogP contribution in [0.5, 0.6) is 0 Å². The van der Waals surface area contributed by atoms with Crippen molar-refractivity contribution in [1.29, 1.82) is 0 Å². The van der Waals surface area contributed by atoms with Crippen molar-refractivity contribution >= 4 is 0 Å². The Kier molecular flexibility index (Phi) is 14.2. The Morgan fingerprint density at radius 1 is 0.737 bits per heavy atom. The lowest BCUT2D eigenvalue weighted by atomic mass is 10.1. The summed E-state index contributed by atoms with van der Waals surface area (Å²) >= 11 is 0. The molecule has 3 nitrogen and oxygen atoms in total. The molecule has 0 heterocycles. The molecule has 0 amide bonds. The molecule has 0 aliphatic rings. The van der Waals surface area contributed by atoms with E-state index >= 15 is 0 Å². The van der Waals surface area contributed by atoms with Crippen molar-refractivity contribution in [3.8, 4) is 0 Å². The average molecular weight is 274 g/mol. The van der Waals surface area contributed by atoms with Crippen molar-refractivity contribution in [2.24, 2.45) is 0 Å². The molecule has 0 rings (SSSR count). The van der Waals surface area contributed by atoms with Crippen molar-refractivity contribution in [2.75, 3.05) is 19.8 Å². The quantitative estimate of drug-likeness (QED) is 0.488. The number of ether oxygens (including phenoxy) is 2. The number of unbranched alkanes of at least 4 members (excludes halogenated alkanes) is 5. The molecule has 0 aromatic rings. The third kappa shape index (κ3) is 15.8. The summed E-state index contributed by atoms with van der Waals surface area (Å²) in [5.41, 5.74) is 0. The molecule has 0 saturated carbocycles. The van der Waals surface area contributed by atoms with Crippen LogP contribution in [0.1, 0.15) is 72.1 Å². The molecule has 0 radical (unpaired) electrons. The predicted molar refractivity (Wildman–Crippen MR) is 80.5 cm³/mol. The van der Waals surface area contributed by atoms with E-state index in [9.17, 15) is 0 Å². The van der Waals surface area contributed by atoms with E-state index in [-0.39, 0.29) is 0 Å². The van der Waals surface area contributed by atoms with Gasteiger partial charge < -0.3 is 14.6 Å². The molecule has 0 bridgehead atoms. The van der Waals surface area contributed by atoms with Crippen molar-refractivity contribution < 1.29 is 14.6 Å². The molecular formula is C16H34O3. The third-order valence-electron chi connectivity index (χ3n) is 3.16. The second-order valence-corrected chi connectivity index (χ2v) is 5.59. The van der Waals surface area contributed by atoms with E-state index in [2.05, 4.69) is 20.8 Å². The van der Waals surface area contributed by atoms with Gasteiger partial charge in [-0.05, 0) is 52.9 Å². The first-order valence-corrected chi connectivity index (χ1v) is 8.01. The number of rotatable bonds is 14. The van der Waals surface area contributed by atoms with Crippen LogP contribution in [-0.2, 0) is 9.47 Å². The minimum atomic E-state index is 0.302. The van der Waals surface area contributed by atoms with Crippen LogP contribution in [0.15, 0.2) is 0 Å². The molecule has 0 spiro atoms. The molecule has 0 aliphatic heterocycles. The van der Waals surface area contributed by atoms with Gasteiger partial charge in [0.05, 0.1) is 12.2 Å². The Bertz CT molecular complexity index is 171. The van der Waals surface area contributed by atoms with Gasteiger partial charge in [0.25, 0.3) is 0 Å². The highest BCUT2D eigenvalue weighted by Gasteiger charge is 2.02. The maximum absolute atomic E-state index is 8.66. The second-order valence-electron chi connectivity index (χ2n) is 5.59. The fourth-order valence-electron chi connectivity index (χ4n) is 1.96. The minimum absolute atomic E-state index is 0.302. The van der Waals surface area contributed by atoms with Gasteiger partial charge in [0.2, 0.25) is 0 Å². The van der Waals surface area contributed by atoms with Crippen molar-refractivity contribution in [1.82, 2.24) is 0 Å². The van der Waals surface area contributed by atoms with Gasteiger partial charge in [0, 0.05) is 19.8 Å². The fraction of sp³-hybridized carbons (Fsp3) is 1.00. The van der Waals surface area contributed by atoms with E-state index in [4.69, 9.17) is 14.6 Å². The van der Waals surface area contributed by atoms with Gasteiger partial charge in [0.15, 0.2) is 0 Å². The molecular weight excluding hydrogens is 240 g/mol. The summed E-state index contributed by atoms with van der Waals surface area (Å²) in [4.78, 5) is 0. The van der Waals surface area contributed by atoms with E-state index in [0.29, 0.717) is 18.8 Å². The Balaban J connectivity index is 3.13. The van der Waals surface area contributed by atoms with Crippen molar-refractivity contribution in [3.63, 3.8) is 0 Å². The molecule has 3 heteroatoms. The van der Waals surface area contributed by atoms with Crippen molar-refractivity contribution in [3.05, 3.63) is 0 Å². The number of hydrogen-bond donors (Lipinski definition) is 1. The molecule has 1 N–H and O–H groups in total. The zero-order valence-electron chi connectivity index (χ0n) is 13.2. The van der Waals surface area contributed by atoms with Crippen LogP contribution in [0, 0.1) is 0 Å².